The average molecular weight is 419 g/mol. The molecule has 0 bridgehead atoms. The lowest BCUT2D eigenvalue weighted by Gasteiger charge is -2.63. The van der Waals surface area contributed by atoms with Crippen molar-refractivity contribution in [1.82, 2.24) is 4.90 Å². The van der Waals surface area contributed by atoms with Crippen molar-refractivity contribution in [2.24, 2.45) is 45.6 Å². The molecule has 0 aliphatic heterocycles. The lowest BCUT2D eigenvalue weighted by Crippen LogP contribution is -2.56. The topological polar surface area (TPSA) is 45.1 Å². The smallest absolute Gasteiger partial charge is 0.129 e. The Kier molecular flexibility index (Phi) is 6.85. The molecule has 0 saturated heterocycles. The number of aliphatic hydroxyl groups excluding tert-OH is 1. The summed E-state index contributed by atoms with van der Waals surface area (Å²) in [7, 11) is 4.10. The van der Waals surface area contributed by atoms with Crippen molar-refractivity contribution in [3.05, 3.63) is 0 Å². The molecule has 4 nitrogen and oxygen atoms in total. The van der Waals surface area contributed by atoms with Crippen LogP contribution < -0.4 is 0 Å². The van der Waals surface area contributed by atoms with E-state index in [1.165, 1.54) is 44.9 Å². The first-order valence-electron chi connectivity index (χ1n) is 12.8. The van der Waals surface area contributed by atoms with Gasteiger partial charge in [0.25, 0.3) is 0 Å². The fourth-order valence-corrected chi connectivity index (χ4v) is 8.56. The van der Waals surface area contributed by atoms with E-state index in [1.807, 2.05) is 6.21 Å². The van der Waals surface area contributed by atoms with Crippen LogP contribution in [0.2, 0.25) is 0 Å². The van der Waals surface area contributed by atoms with Gasteiger partial charge in [-0.05, 0) is 119 Å². The molecule has 0 aromatic rings. The molecule has 4 saturated carbocycles. The van der Waals surface area contributed by atoms with Crippen LogP contribution in [-0.2, 0) is 4.84 Å². The molecule has 172 valence electrons. The van der Waals surface area contributed by atoms with Crippen LogP contribution in [0.5, 0.6) is 0 Å². The molecule has 8 atom stereocenters. The average Bonchev–Trinajstić information content (AvgIpc) is 3.09. The standard InChI is InChI=1S/C26H46N2O2/c1-25-12-5-8-23(25)22-10-9-20-18-21(29)17-19(26(20,2)24(22)11-13-25)7-6-14-27-30-16-15-28(3)4/h14,19-24,29H,5-13,15-18H2,1-4H3/b27-14+/t19?,20-,21+,22+,23+,24+,25+,26+/m1/s1. The Balaban J connectivity index is 1.42. The summed E-state index contributed by atoms with van der Waals surface area (Å²) in [6.45, 7) is 6.78. The number of fused-ring (bicyclic) bond motifs is 5. The fraction of sp³-hybridized carbons (Fsp3) is 0.962. The van der Waals surface area contributed by atoms with Crippen molar-refractivity contribution in [3.63, 3.8) is 0 Å². The Labute approximate surface area is 184 Å². The second kappa shape index (κ2) is 9.10. The number of hydrogen-bond acceptors (Lipinski definition) is 4. The third kappa shape index (κ3) is 4.20. The van der Waals surface area contributed by atoms with Gasteiger partial charge in [0.15, 0.2) is 0 Å². The Hall–Kier alpha value is -0.610. The van der Waals surface area contributed by atoms with Gasteiger partial charge in [-0.15, -0.1) is 0 Å². The summed E-state index contributed by atoms with van der Waals surface area (Å²) in [4.78, 5) is 7.52. The third-order valence-electron chi connectivity index (χ3n) is 10.2. The molecule has 0 radical (unpaired) electrons. The zero-order chi connectivity index (χ0) is 21.4. The molecule has 0 heterocycles. The minimum absolute atomic E-state index is 0.0988. The summed E-state index contributed by atoms with van der Waals surface area (Å²) < 4.78 is 0. The Bertz CT molecular complexity index is 608. The highest BCUT2D eigenvalue weighted by Gasteiger charge is 2.60. The van der Waals surface area contributed by atoms with E-state index >= 15 is 0 Å². The van der Waals surface area contributed by atoms with Crippen molar-refractivity contribution in [2.45, 2.75) is 90.6 Å². The second-order valence-electron chi connectivity index (χ2n) is 11.9. The molecule has 4 heteroatoms. The predicted octanol–water partition coefficient (Wildman–Crippen LogP) is 5.35. The van der Waals surface area contributed by atoms with Crippen molar-refractivity contribution in [3.8, 4) is 0 Å². The van der Waals surface area contributed by atoms with Gasteiger partial charge < -0.3 is 14.8 Å². The van der Waals surface area contributed by atoms with Crippen LogP contribution in [0.3, 0.4) is 0 Å². The lowest BCUT2D eigenvalue weighted by atomic mass is 9.42. The summed E-state index contributed by atoms with van der Waals surface area (Å²) in [5.41, 5.74) is 1.04. The highest BCUT2D eigenvalue weighted by Crippen LogP contribution is 2.67. The number of nitrogens with zero attached hydrogens (tertiary/aromatic N) is 2. The first-order chi connectivity index (χ1) is 14.3. The number of oxime groups is 1. The summed E-state index contributed by atoms with van der Waals surface area (Å²) in [6, 6.07) is 0. The third-order valence-corrected chi connectivity index (χ3v) is 10.2. The van der Waals surface area contributed by atoms with Crippen LogP contribution in [0.4, 0.5) is 0 Å². The minimum Gasteiger partial charge on any atom is -0.395 e. The van der Waals surface area contributed by atoms with E-state index in [-0.39, 0.29) is 6.10 Å². The SMILES string of the molecule is CN(C)CCO/N=C/CCC1C[C@H](O)C[C@H]2CC[C@H]3[C@@H]4CCC[C@@]4(C)CC[C@@H]3[C@@]12C. The van der Waals surface area contributed by atoms with E-state index in [9.17, 15) is 5.11 Å². The zero-order valence-corrected chi connectivity index (χ0v) is 20.0. The molecule has 4 rings (SSSR count). The van der Waals surface area contributed by atoms with Crippen molar-refractivity contribution < 1.29 is 9.94 Å². The van der Waals surface area contributed by atoms with Crippen LogP contribution in [0.25, 0.3) is 0 Å². The molecule has 0 aromatic carbocycles. The highest BCUT2D eigenvalue weighted by atomic mass is 16.6. The van der Waals surface area contributed by atoms with Crippen LogP contribution in [0, 0.1) is 40.4 Å². The van der Waals surface area contributed by atoms with Gasteiger partial charge in [0.2, 0.25) is 0 Å². The second-order valence-corrected chi connectivity index (χ2v) is 11.9. The summed E-state index contributed by atoms with van der Waals surface area (Å²) >= 11 is 0. The van der Waals surface area contributed by atoms with Crippen LogP contribution >= 0.6 is 0 Å². The van der Waals surface area contributed by atoms with Crippen molar-refractivity contribution in [2.75, 3.05) is 27.2 Å². The normalized spacial score (nSPS) is 45.9. The Morgan fingerprint density at radius 2 is 1.90 bits per heavy atom. The zero-order valence-electron chi connectivity index (χ0n) is 20.0. The molecular formula is C26H46N2O2. The van der Waals surface area contributed by atoms with Gasteiger partial charge in [-0.2, -0.15) is 0 Å². The van der Waals surface area contributed by atoms with Gasteiger partial charge in [-0.1, -0.05) is 25.4 Å². The first kappa shape index (κ1) is 22.6. The van der Waals surface area contributed by atoms with Crippen LogP contribution in [0.1, 0.15) is 84.5 Å². The maximum absolute atomic E-state index is 10.7. The number of hydrogen-bond donors (Lipinski definition) is 1. The van der Waals surface area contributed by atoms with Crippen LogP contribution in [-0.4, -0.2) is 49.6 Å². The summed E-state index contributed by atoms with van der Waals surface area (Å²) in [5.74, 6) is 4.12. The lowest BCUT2D eigenvalue weighted by molar-refractivity contribution is -0.153. The first-order valence-corrected chi connectivity index (χ1v) is 12.8. The molecule has 0 aromatic heterocycles. The molecule has 4 aliphatic rings. The molecule has 4 fully saturated rings. The molecule has 0 spiro atoms. The van der Waals surface area contributed by atoms with E-state index in [0.29, 0.717) is 29.3 Å². The van der Waals surface area contributed by atoms with Gasteiger partial charge in [0.05, 0.1) is 6.10 Å². The number of likely N-dealkylation sites (N-methyl/N-ethyl adjacent to an activating group) is 1. The van der Waals surface area contributed by atoms with Gasteiger partial charge in [0, 0.05) is 12.8 Å². The van der Waals surface area contributed by atoms with E-state index < -0.39 is 0 Å². The quantitative estimate of drug-likeness (QED) is 0.344. The highest BCUT2D eigenvalue weighted by molar-refractivity contribution is 5.56. The summed E-state index contributed by atoms with van der Waals surface area (Å²) in [6.07, 6.45) is 16.1. The molecular weight excluding hydrogens is 372 g/mol. The van der Waals surface area contributed by atoms with Crippen LogP contribution in [0.15, 0.2) is 5.16 Å². The van der Waals surface area contributed by atoms with E-state index in [0.717, 1.165) is 50.0 Å². The van der Waals surface area contributed by atoms with Gasteiger partial charge in [-0.3, -0.25) is 0 Å². The molecule has 4 aliphatic carbocycles. The monoisotopic (exact) mass is 418 g/mol. The molecule has 1 unspecified atom stereocenters. The van der Waals surface area contributed by atoms with E-state index in [1.54, 1.807) is 0 Å². The van der Waals surface area contributed by atoms with Gasteiger partial charge >= 0.3 is 0 Å². The Morgan fingerprint density at radius 1 is 1.07 bits per heavy atom. The molecule has 0 amide bonds. The molecule has 1 N–H and O–H groups in total. The number of rotatable bonds is 7. The maximum atomic E-state index is 10.7. The van der Waals surface area contributed by atoms with E-state index in [4.69, 9.17) is 4.84 Å². The maximum Gasteiger partial charge on any atom is 0.129 e. The Morgan fingerprint density at radius 3 is 2.70 bits per heavy atom. The van der Waals surface area contributed by atoms with Gasteiger partial charge in [-0.25, -0.2) is 0 Å². The predicted molar refractivity (Wildman–Crippen MR) is 123 cm³/mol. The van der Waals surface area contributed by atoms with Gasteiger partial charge in [0.1, 0.15) is 6.61 Å². The number of aliphatic hydroxyl groups is 1. The largest absolute Gasteiger partial charge is 0.395 e. The fourth-order valence-electron chi connectivity index (χ4n) is 8.56. The van der Waals surface area contributed by atoms with E-state index in [2.05, 4.69) is 38.0 Å². The van der Waals surface area contributed by atoms with Crippen molar-refractivity contribution in [1.29, 1.82) is 0 Å². The summed E-state index contributed by atoms with van der Waals surface area (Å²) in [5, 5.41) is 14.9. The molecule has 30 heavy (non-hydrogen) atoms. The minimum atomic E-state index is -0.0988. The van der Waals surface area contributed by atoms with Crippen molar-refractivity contribution >= 4 is 6.21 Å².